The molecule has 0 aliphatic rings. The van der Waals surface area contributed by atoms with Gasteiger partial charge in [-0.05, 0) is 18.4 Å². The number of rotatable bonds is 1. The molecule has 73 valence electrons. The predicted octanol–water partition coefficient (Wildman–Crippen LogP) is 3.10. The lowest BCUT2D eigenvalue weighted by Gasteiger charge is -2.07. The maximum Gasteiger partial charge on any atom is 0.417 e. The highest BCUT2D eigenvalue weighted by Crippen LogP contribution is 2.31. The maximum atomic E-state index is 12.3. The molecule has 0 fully saturated rings. The second-order valence-corrected chi connectivity index (χ2v) is 3.31. The van der Waals surface area contributed by atoms with E-state index >= 15 is 0 Å². The Balaban J connectivity index is 3.26. The highest BCUT2D eigenvalue weighted by Gasteiger charge is 2.31. The van der Waals surface area contributed by atoms with Crippen molar-refractivity contribution in [3.8, 4) is 6.07 Å². The standard InChI is InChI=1S/C9H5F3NS/c1-14-8-3-6(5-13)2-7(4-8)9(10,11)12/h2-3H,1H3. The lowest BCUT2D eigenvalue weighted by Crippen LogP contribution is -2.05. The van der Waals surface area contributed by atoms with Crippen LogP contribution < -0.4 is 0 Å². The lowest BCUT2D eigenvalue weighted by atomic mass is 10.1. The van der Waals surface area contributed by atoms with E-state index in [0.717, 1.165) is 17.8 Å². The average Bonchev–Trinajstić information content (AvgIpc) is 2.15. The van der Waals surface area contributed by atoms with Gasteiger partial charge in [-0.1, -0.05) is 0 Å². The van der Waals surface area contributed by atoms with E-state index in [0.29, 0.717) is 4.90 Å². The van der Waals surface area contributed by atoms with Crippen molar-refractivity contribution in [2.45, 2.75) is 11.1 Å². The van der Waals surface area contributed by atoms with Gasteiger partial charge in [0, 0.05) is 11.0 Å². The molecule has 1 rings (SSSR count). The number of hydrogen-bond donors (Lipinski definition) is 0. The van der Waals surface area contributed by atoms with E-state index in [4.69, 9.17) is 5.26 Å². The third kappa shape index (κ3) is 2.42. The Kier molecular flexibility index (Phi) is 3.06. The van der Waals surface area contributed by atoms with Crippen LogP contribution in [0.1, 0.15) is 11.1 Å². The Hall–Kier alpha value is -1.15. The van der Waals surface area contributed by atoms with Gasteiger partial charge in [0.25, 0.3) is 0 Å². The number of halogens is 3. The van der Waals surface area contributed by atoms with Crippen LogP contribution in [0, 0.1) is 17.4 Å². The molecule has 0 aliphatic heterocycles. The summed E-state index contributed by atoms with van der Waals surface area (Å²) in [6, 6.07) is 6.04. The van der Waals surface area contributed by atoms with Gasteiger partial charge in [0.05, 0.1) is 17.2 Å². The maximum absolute atomic E-state index is 12.3. The predicted molar refractivity (Wildman–Crippen MR) is 46.8 cm³/mol. The van der Waals surface area contributed by atoms with Crippen LogP contribution in [0.2, 0.25) is 0 Å². The molecule has 0 atom stereocenters. The molecule has 0 saturated heterocycles. The molecule has 0 saturated carbocycles. The molecule has 1 nitrogen and oxygen atoms in total. The summed E-state index contributed by atoms with van der Waals surface area (Å²) in [4.78, 5) is 0.316. The fourth-order valence-corrected chi connectivity index (χ4v) is 1.33. The molecule has 0 aliphatic carbocycles. The molecule has 0 heterocycles. The molecular formula is C9H5F3NS. The molecule has 14 heavy (non-hydrogen) atoms. The minimum Gasteiger partial charge on any atom is -0.192 e. The first kappa shape index (κ1) is 10.9. The summed E-state index contributed by atoms with van der Waals surface area (Å²) in [6.45, 7) is 0. The number of nitriles is 1. The van der Waals surface area contributed by atoms with Crippen molar-refractivity contribution in [1.82, 2.24) is 0 Å². The zero-order valence-corrected chi connectivity index (χ0v) is 7.96. The van der Waals surface area contributed by atoms with Crippen LogP contribution >= 0.6 is 11.8 Å². The average molecular weight is 216 g/mol. The third-order valence-corrected chi connectivity index (χ3v) is 2.16. The molecule has 0 unspecified atom stereocenters. The molecule has 1 radical (unpaired) electrons. The van der Waals surface area contributed by atoms with Gasteiger partial charge in [-0.3, -0.25) is 0 Å². The fraction of sp³-hybridized carbons (Fsp3) is 0.222. The number of nitrogens with zero attached hydrogens (tertiary/aromatic N) is 1. The van der Waals surface area contributed by atoms with Gasteiger partial charge in [0.15, 0.2) is 0 Å². The zero-order chi connectivity index (χ0) is 10.8. The Morgan fingerprint density at radius 3 is 2.50 bits per heavy atom. The Bertz CT molecular complexity index is 379. The Labute approximate surface area is 83.5 Å². The summed E-state index contributed by atoms with van der Waals surface area (Å²) in [6.07, 6.45) is -2.81. The SMILES string of the molecule is CSc1[c]c(C(F)(F)F)cc(C#N)c1. The summed E-state index contributed by atoms with van der Waals surface area (Å²) in [5.41, 5.74) is -0.902. The second kappa shape index (κ2) is 3.93. The first-order chi connectivity index (χ1) is 6.47. The molecular weight excluding hydrogens is 211 g/mol. The van der Waals surface area contributed by atoms with Crippen molar-refractivity contribution < 1.29 is 13.2 Å². The molecule has 1 aromatic carbocycles. The molecule has 0 amide bonds. The molecule has 0 N–H and O–H groups in total. The fourth-order valence-electron chi connectivity index (χ4n) is 0.871. The van der Waals surface area contributed by atoms with Gasteiger partial charge in [0.2, 0.25) is 0 Å². The van der Waals surface area contributed by atoms with E-state index in [-0.39, 0.29) is 5.56 Å². The van der Waals surface area contributed by atoms with Gasteiger partial charge >= 0.3 is 6.18 Å². The summed E-state index contributed by atoms with van der Waals surface area (Å²) in [5, 5.41) is 8.51. The number of benzene rings is 1. The second-order valence-electron chi connectivity index (χ2n) is 2.46. The molecule has 1 aromatic rings. The highest BCUT2D eigenvalue weighted by atomic mass is 32.2. The molecule has 5 heteroatoms. The van der Waals surface area contributed by atoms with Crippen LogP contribution in [0.15, 0.2) is 17.0 Å². The van der Waals surface area contributed by atoms with Crippen molar-refractivity contribution in [1.29, 1.82) is 5.26 Å². The van der Waals surface area contributed by atoms with E-state index < -0.39 is 11.7 Å². The molecule has 0 bridgehead atoms. The summed E-state index contributed by atoms with van der Waals surface area (Å²) in [5.74, 6) is 0. The smallest absolute Gasteiger partial charge is 0.192 e. The number of alkyl halides is 3. The number of hydrogen-bond acceptors (Lipinski definition) is 2. The van der Waals surface area contributed by atoms with Gasteiger partial charge < -0.3 is 0 Å². The van der Waals surface area contributed by atoms with Crippen molar-refractivity contribution >= 4 is 11.8 Å². The van der Waals surface area contributed by atoms with Gasteiger partial charge in [0.1, 0.15) is 0 Å². The summed E-state index contributed by atoms with van der Waals surface area (Å²) in [7, 11) is 0. The van der Waals surface area contributed by atoms with Gasteiger partial charge in [-0.15, -0.1) is 11.8 Å². The Morgan fingerprint density at radius 1 is 1.43 bits per heavy atom. The highest BCUT2D eigenvalue weighted by molar-refractivity contribution is 7.98. The largest absolute Gasteiger partial charge is 0.417 e. The summed E-state index contributed by atoms with van der Waals surface area (Å²) >= 11 is 1.12. The lowest BCUT2D eigenvalue weighted by molar-refractivity contribution is -0.138. The van der Waals surface area contributed by atoms with Crippen LogP contribution in [0.4, 0.5) is 13.2 Å². The van der Waals surface area contributed by atoms with Crippen molar-refractivity contribution in [3.05, 3.63) is 29.3 Å². The number of thioether (sulfide) groups is 1. The van der Waals surface area contributed by atoms with Gasteiger partial charge in [-0.25, -0.2) is 0 Å². The first-order valence-corrected chi connectivity index (χ1v) is 4.78. The molecule has 0 aromatic heterocycles. The summed E-state index contributed by atoms with van der Waals surface area (Å²) < 4.78 is 36.8. The molecule has 0 spiro atoms. The third-order valence-electron chi connectivity index (χ3n) is 1.50. The van der Waals surface area contributed by atoms with E-state index in [2.05, 4.69) is 6.07 Å². The monoisotopic (exact) mass is 216 g/mol. The van der Waals surface area contributed by atoms with E-state index in [9.17, 15) is 13.2 Å². The van der Waals surface area contributed by atoms with Crippen molar-refractivity contribution in [2.24, 2.45) is 0 Å². The van der Waals surface area contributed by atoms with E-state index in [1.165, 1.54) is 6.07 Å². The Morgan fingerprint density at radius 2 is 2.07 bits per heavy atom. The van der Waals surface area contributed by atoms with Gasteiger partial charge in [-0.2, -0.15) is 18.4 Å². The first-order valence-electron chi connectivity index (χ1n) is 3.56. The minimum atomic E-state index is -4.45. The van der Waals surface area contributed by atoms with Crippen LogP contribution in [0.25, 0.3) is 0 Å². The van der Waals surface area contributed by atoms with Crippen molar-refractivity contribution in [2.75, 3.05) is 6.26 Å². The van der Waals surface area contributed by atoms with Crippen LogP contribution in [-0.4, -0.2) is 6.26 Å². The van der Waals surface area contributed by atoms with E-state index in [1.54, 1.807) is 12.3 Å². The minimum absolute atomic E-state index is 0.000394. The van der Waals surface area contributed by atoms with Crippen LogP contribution in [0.3, 0.4) is 0 Å². The zero-order valence-electron chi connectivity index (χ0n) is 7.14. The van der Waals surface area contributed by atoms with Crippen LogP contribution in [-0.2, 0) is 6.18 Å². The topological polar surface area (TPSA) is 23.8 Å². The van der Waals surface area contributed by atoms with Crippen molar-refractivity contribution in [3.63, 3.8) is 0 Å². The van der Waals surface area contributed by atoms with Crippen LogP contribution in [0.5, 0.6) is 0 Å². The van der Waals surface area contributed by atoms with E-state index in [1.807, 2.05) is 0 Å². The normalized spacial score (nSPS) is 11.1. The quantitative estimate of drug-likeness (QED) is 0.673.